The molecular formula is C15H10BrNO2. The van der Waals surface area contributed by atoms with Crippen LogP contribution >= 0.6 is 15.9 Å². The van der Waals surface area contributed by atoms with Gasteiger partial charge in [-0.15, -0.1) is 0 Å². The average molecular weight is 316 g/mol. The molecule has 0 bridgehead atoms. The van der Waals surface area contributed by atoms with Crippen LogP contribution in [0.3, 0.4) is 0 Å². The highest BCUT2D eigenvalue weighted by atomic mass is 79.9. The molecule has 0 saturated carbocycles. The van der Waals surface area contributed by atoms with Crippen LogP contribution in [-0.4, -0.2) is 17.4 Å². The summed E-state index contributed by atoms with van der Waals surface area (Å²) in [5.74, 6) is 0.642. The van der Waals surface area contributed by atoms with Gasteiger partial charge in [0.15, 0.2) is 5.78 Å². The van der Waals surface area contributed by atoms with Crippen LogP contribution in [0, 0.1) is 0 Å². The number of hydrogen-bond donors (Lipinski definition) is 0. The highest BCUT2D eigenvalue weighted by molar-refractivity contribution is 9.10. The van der Waals surface area contributed by atoms with E-state index in [1.165, 1.54) is 0 Å². The van der Waals surface area contributed by atoms with Crippen molar-refractivity contribution in [2.75, 3.05) is 6.61 Å². The fraction of sp³-hybridized carbons (Fsp3) is 0.0667. The summed E-state index contributed by atoms with van der Waals surface area (Å²) in [6.45, 7) is 0.294. The lowest BCUT2D eigenvalue weighted by molar-refractivity contribution is 0.100. The van der Waals surface area contributed by atoms with Crippen molar-refractivity contribution in [2.45, 2.75) is 0 Å². The van der Waals surface area contributed by atoms with Gasteiger partial charge < -0.3 is 4.74 Å². The van der Waals surface area contributed by atoms with E-state index in [-0.39, 0.29) is 5.78 Å². The Balaban J connectivity index is 2.00. The summed E-state index contributed by atoms with van der Waals surface area (Å²) in [5.41, 5.74) is 2.13. The number of ether oxygens (including phenoxy) is 1. The molecule has 1 aromatic heterocycles. The first-order chi connectivity index (χ1) is 9.24. The van der Waals surface area contributed by atoms with Crippen molar-refractivity contribution in [1.82, 2.24) is 4.98 Å². The highest BCUT2D eigenvalue weighted by Crippen LogP contribution is 2.30. The molecule has 0 unspecified atom stereocenters. The summed E-state index contributed by atoms with van der Waals surface area (Å²) < 4.78 is 6.47. The van der Waals surface area contributed by atoms with Gasteiger partial charge in [0, 0.05) is 22.4 Å². The largest absolute Gasteiger partial charge is 0.488 e. The summed E-state index contributed by atoms with van der Waals surface area (Å²) in [4.78, 5) is 16.4. The highest BCUT2D eigenvalue weighted by Gasteiger charge is 2.23. The molecule has 0 fully saturated rings. The van der Waals surface area contributed by atoms with E-state index in [9.17, 15) is 4.79 Å². The summed E-state index contributed by atoms with van der Waals surface area (Å²) in [6.07, 6.45) is 5.24. The summed E-state index contributed by atoms with van der Waals surface area (Å²) in [6, 6.07) is 9.20. The zero-order valence-electron chi connectivity index (χ0n) is 9.97. The molecule has 0 radical (unpaired) electrons. The number of hydrogen-bond acceptors (Lipinski definition) is 3. The van der Waals surface area contributed by atoms with Crippen molar-refractivity contribution in [3.63, 3.8) is 0 Å². The van der Waals surface area contributed by atoms with Gasteiger partial charge in [0.25, 0.3) is 0 Å². The Hall–Kier alpha value is -1.94. The van der Waals surface area contributed by atoms with Gasteiger partial charge in [0.05, 0.1) is 5.56 Å². The van der Waals surface area contributed by atoms with Crippen LogP contribution in [0.2, 0.25) is 0 Å². The molecule has 2 aromatic rings. The molecule has 3 nitrogen and oxygen atoms in total. The van der Waals surface area contributed by atoms with Gasteiger partial charge in [0.2, 0.25) is 0 Å². The summed E-state index contributed by atoms with van der Waals surface area (Å²) in [5, 5.41) is 0. The van der Waals surface area contributed by atoms with Crippen LogP contribution in [0.1, 0.15) is 15.9 Å². The normalized spacial score (nSPS) is 16.1. The van der Waals surface area contributed by atoms with E-state index < -0.39 is 0 Å². The van der Waals surface area contributed by atoms with E-state index in [0.717, 1.165) is 10.0 Å². The molecule has 0 saturated heterocycles. The molecule has 3 rings (SSSR count). The maximum Gasteiger partial charge on any atom is 0.196 e. The second-order valence-electron chi connectivity index (χ2n) is 4.21. The Labute approximate surface area is 119 Å². The number of halogens is 1. The minimum absolute atomic E-state index is 0.00593. The van der Waals surface area contributed by atoms with Crippen LogP contribution in [0.5, 0.6) is 5.75 Å². The Morgan fingerprint density at radius 2 is 2.21 bits per heavy atom. The molecule has 19 heavy (non-hydrogen) atoms. The van der Waals surface area contributed by atoms with Gasteiger partial charge in [-0.05, 0) is 35.9 Å². The number of benzene rings is 1. The fourth-order valence-electron chi connectivity index (χ4n) is 1.97. The smallest absolute Gasteiger partial charge is 0.196 e. The number of fused-ring (bicyclic) bond motifs is 1. The SMILES string of the molecule is O=C1/C(=C\c2cccnc2)COc2ccc(Br)cc21. The summed E-state index contributed by atoms with van der Waals surface area (Å²) >= 11 is 3.37. The third-order valence-corrected chi connectivity index (χ3v) is 3.38. The van der Waals surface area contributed by atoms with E-state index in [0.29, 0.717) is 23.5 Å². The molecule has 0 spiro atoms. The summed E-state index contributed by atoms with van der Waals surface area (Å²) in [7, 11) is 0. The predicted molar refractivity (Wildman–Crippen MR) is 76.2 cm³/mol. The molecular weight excluding hydrogens is 306 g/mol. The first-order valence-corrected chi connectivity index (χ1v) is 6.61. The molecule has 1 aliphatic heterocycles. The Bertz CT molecular complexity index is 665. The average Bonchev–Trinajstić information content (AvgIpc) is 2.44. The Kier molecular flexibility index (Phi) is 3.17. The monoisotopic (exact) mass is 315 g/mol. The molecule has 0 aliphatic carbocycles. The second kappa shape index (κ2) is 4.97. The van der Waals surface area contributed by atoms with Gasteiger partial charge in [-0.1, -0.05) is 22.0 Å². The van der Waals surface area contributed by atoms with E-state index in [1.807, 2.05) is 24.3 Å². The van der Waals surface area contributed by atoms with Crippen molar-refractivity contribution in [2.24, 2.45) is 0 Å². The van der Waals surface area contributed by atoms with E-state index in [1.54, 1.807) is 24.5 Å². The molecule has 0 amide bonds. The van der Waals surface area contributed by atoms with Crippen molar-refractivity contribution < 1.29 is 9.53 Å². The number of rotatable bonds is 1. The first kappa shape index (κ1) is 12.1. The van der Waals surface area contributed by atoms with E-state index >= 15 is 0 Å². The van der Waals surface area contributed by atoms with Crippen molar-refractivity contribution in [1.29, 1.82) is 0 Å². The number of aromatic nitrogens is 1. The van der Waals surface area contributed by atoms with Crippen LogP contribution in [0.4, 0.5) is 0 Å². The molecule has 4 heteroatoms. The van der Waals surface area contributed by atoms with Gasteiger partial charge in [-0.25, -0.2) is 0 Å². The lowest BCUT2D eigenvalue weighted by Gasteiger charge is -2.18. The quantitative estimate of drug-likeness (QED) is 0.756. The number of ketones is 1. The maximum absolute atomic E-state index is 12.4. The van der Waals surface area contributed by atoms with Gasteiger partial charge >= 0.3 is 0 Å². The predicted octanol–water partition coefficient (Wildman–Crippen LogP) is 3.50. The van der Waals surface area contributed by atoms with Crippen LogP contribution < -0.4 is 4.74 Å². The van der Waals surface area contributed by atoms with Crippen LogP contribution in [0.25, 0.3) is 6.08 Å². The lowest BCUT2D eigenvalue weighted by atomic mass is 9.99. The Morgan fingerprint density at radius 1 is 1.32 bits per heavy atom. The minimum atomic E-state index is 0.00593. The van der Waals surface area contributed by atoms with E-state index in [4.69, 9.17) is 4.74 Å². The van der Waals surface area contributed by atoms with Crippen molar-refractivity contribution in [3.05, 3.63) is 63.9 Å². The molecule has 1 aromatic carbocycles. The van der Waals surface area contributed by atoms with Gasteiger partial charge in [-0.2, -0.15) is 0 Å². The third kappa shape index (κ3) is 2.44. The zero-order valence-corrected chi connectivity index (χ0v) is 11.6. The lowest BCUT2D eigenvalue weighted by Crippen LogP contribution is -2.19. The number of nitrogens with zero attached hydrogens (tertiary/aromatic N) is 1. The minimum Gasteiger partial charge on any atom is -0.488 e. The van der Waals surface area contributed by atoms with E-state index in [2.05, 4.69) is 20.9 Å². The van der Waals surface area contributed by atoms with Crippen molar-refractivity contribution in [3.8, 4) is 5.75 Å². The van der Waals surface area contributed by atoms with Crippen molar-refractivity contribution >= 4 is 27.8 Å². The number of pyridine rings is 1. The maximum atomic E-state index is 12.4. The molecule has 2 heterocycles. The number of carbonyl (C=O) groups excluding carboxylic acids is 1. The fourth-order valence-corrected chi connectivity index (χ4v) is 2.33. The van der Waals surface area contributed by atoms with Gasteiger partial charge in [-0.3, -0.25) is 9.78 Å². The second-order valence-corrected chi connectivity index (χ2v) is 5.13. The topological polar surface area (TPSA) is 39.2 Å². The number of carbonyl (C=O) groups is 1. The Morgan fingerprint density at radius 3 is 3.00 bits per heavy atom. The molecule has 94 valence electrons. The van der Waals surface area contributed by atoms with Crippen LogP contribution in [-0.2, 0) is 0 Å². The molecule has 1 aliphatic rings. The van der Waals surface area contributed by atoms with Crippen LogP contribution in [0.15, 0.2) is 52.8 Å². The first-order valence-electron chi connectivity index (χ1n) is 5.82. The molecule has 0 atom stereocenters. The third-order valence-electron chi connectivity index (χ3n) is 2.89. The molecule has 0 N–H and O–H groups in total. The standard InChI is InChI=1S/C15H10BrNO2/c16-12-3-4-14-13(7-12)15(18)11(9-19-14)6-10-2-1-5-17-8-10/h1-8H,9H2/b11-6-. The number of Topliss-reactive ketones (excluding diaryl/α,β-unsaturated/α-hetero) is 1. The van der Waals surface area contributed by atoms with Gasteiger partial charge in [0.1, 0.15) is 12.4 Å². The zero-order chi connectivity index (χ0) is 13.2.